The summed E-state index contributed by atoms with van der Waals surface area (Å²) < 4.78 is 12.0. The van der Waals surface area contributed by atoms with E-state index in [4.69, 9.17) is 21.7 Å². The van der Waals surface area contributed by atoms with Crippen molar-refractivity contribution in [2.45, 2.75) is 138 Å². The van der Waals surface area contributed by atoms with Crippen LogP contribution >= 0.6 is 24.0 Å². The van der Waals surface area contributed by atoms with Gasteiger partial charge in [0.2, 0.25) is 0 Å². The van der Waals surface area contributed by atoms with Crippen LogP contribution in [0.2, 0.25) is 0 Å². The first-order valence-corrected chi connectivity index (χ1v) is 21.1. The molecule has 1 aromatic rings. The standard InChI is InChI=1S/C44H69N3O5S2/c1-30-27-47(31(2)26-46(30)38(50)52-39(4,5)6)44(29-48,28-41(9,10)54-37(53)33-18-16-15-17-19-33)43(13,14)40(7,8)25-34-35(45-20-22-51-23-21-45)24-36(49)32(3)42(34,11)12/h15-19,24,29-32,34H,20-23,25-28H2,1-14H3. The lowest BCUT2D eigenvalue weighted by Gasteiger charge is -2.63. The summed E-state index contributed by atoms with van der Waals surface area (Å²) in [5.41, 5.74) is -0.799. The molecule has 0 saturated carbocycles. The number of amides is 1. The minimum Gasteiger partial charge on any atom is -0.444 e. The summed E-state index contributed by atoms with van der Waals surface area (Å²) in [5, 5.41) is 0. The number of hydrogen-bond donors (Lipinski definition) is 0. The van der Waals surface area contributed by atoms with Crippen LogP contribution in [-0.4, -0.2) is 104 Å². The van der Waals surface area contributed by atoms with Crippen LogP contribution in [0.3, 0.4) is 0 Å². The highest BCUT2D eigenvalue weighted by molar-refractivity contribution is 8.24. The number of ketones is 1. The van der Waals surface area contributed by atoms with Gasteiger partial charge in [0.15, 0.2) is 5.78 Å². The SMILES string of the molecule is CC1CN(C(C=O)(CC(C)(C)SC(=S)c2ccccc2)C(C)(C)C(C)(C)CC2C(N3CCOCC3)=CC(=O)C(C)C2(C)C)C(C)CN1C(=O)OC(C)(C)C. The first-order chi connectivity index (χ1) is 24.8. The van der Waals surface area contributed by atoms with Crippen LogP contribution in [0.15, 0.2) is 42.1 Å². The number of nitrogens with zero attached hydrogens (tertiary/aromatic N) is 3. The van der Waals surface area contributed by atoms with Crippen molar-refractivity contribution in [1.82, 2.24) is 14.7 Å². The Morgan fingerprint density at radius 3 is 2.11 bits per heavy atom. The van der Waals surface area contributed by atoms with E-state index < -0.39 is 26.7 Å². The number of thioether (sulfide) groups is 1. The minimum absolute atomic E-state index is 0.0790. The second-order valence-electron chi connectivity index (χ2n) is 19.6. The number of benzene rings is 1. The highest BCUT2D eigenvalue weighted by atomic mass is 32.2. The fraction of sp³-hybridized carbons (Fsp3) is 0.727. The zero-order valence-corrected chi connectivity index (χ0v) is 37.3. The first kappa shape index (κ1) is 44.4. The third-order valence-corrected chi connectivity index (χ3v) is 15.0. The Hall–Kier alpha value is -2.27. The molecule has 2 saturated heterocycles. The van der Waals surface area contributed by atoms with Crippen molar-refractivity contribution in [2.24, 2.45) is 28.1 Å². The van der Waals surface area contributed by atoms with E-state index in [0.717, 1.165) is 35.0 Å². The Kier molecular flexibility index (Phi) is 13.4. The molecule has 1 aromatic carbocycles. The summed E-state index contributed by atoms with van der Waals surface area (Å²) in [6.45, 7) is 33.8. The molecule has 8 nitrogen and oxygen atoms in total. The van der Waals surface area contributed by atoms with Crippen LogP contribution in [0.5, 0.6) is 0 Å². The van der Waals surface area contributed by atoms with Crippen molar-refractivity contribution in [3.8, 4) is 0 Å². The van der Waals surface area contributed by atoms with Crippen LogP contribution in [0, 0.1) is 28.1 Å². The van der Waals surface area contributed by atoms with Gasteiger partial charge >= 0.3 is 6.09 Å². The lowest BCUT2D eigenvalue weighted by atomic mass is 9.50. The van der Waals surface area contributed by atoms with Crippen LogP contribution in [0.4, 0.5) is 4.79 Å². The van der Waals surface area contributed by atoms with Crippen LogP contribution in [0.25, 0.3) is 0 Å². The molecule has 1 aliphatic carbocycles. The molecule has 0 N–H and O–H groups in total. The fourth-order valence-electron chi connectivity index (χ4n) is 9.04. The van der Waals surface area contributed by atoms with E-state index in [0.29, 0.717) is 32.7 Å². The Bertz CT molecular complexity index is 1560. The Labute approximate surface area is 336 Å². The molecule has 5 unspecified atom stereocenters. The van der Waals surface area contributed by atoms with Gasteiger partial charge in [-0.2, -0.15) is 0 Å². The summed E-state index contributed by atoms with van der Waals surface area (Å²) >= 11 is 7.68. The van der Waals surface area contributed by atoms with Gasteiger partial charge in [0.25, 0.3) is 0 Å². The van der Waals surface area contributed by atoms with Gasteiger partial charge in [-0.1, -0.05) is 105 Å². The number of thiocarbonyl (C=S) groups is 1. The maximum Gasteiger partial charge on any atom is 0.410 e. The second-order valence-corrected chi connectivity index (χ2v) is 22.0. The monoisotopic (exact) mass is 783 g/mol. The molecule has 0 aromatic heterocycles. The van der Waals surface area contributed by atoms with Gasteiger partial charge in [-0.25, -0.2) is 4.79 Å². The molecule has 1 amide bonds. The van der Waals surface area contributed by atoms with E-state index in [1.54, 1.807) is 11.8 Å². The molecule has 302 valence electrons. The molecular formula is C44H69N3O5S2. The maximum absolute atomic E-state index is 14.5. The molecule has 2 aliphatic heterocycles. The molecule has 2 fully saturated rings. The molecule has 10 heteroatoms. The second kappa shape index (κ2) is 16.3. The molecule has 5 atom stereocenters. The quantitative estimate of drug-likeness (QED) is 0.161. The third-order valence-electron chi connectivity index (χ3n) is 13.3. The van der Waals surface area contributed by atoms with Gasteiger partial charge in [0.1, 0.15) is 11.9 Å². The van der Waals surface area contributed by atoms with E-state index in [9.17, 15) is 14.4 Å². The molecule has 3 aliphatic rings. The summed E-state index contributed by atoms with van der Waals surface area (Å²) in [6.07, 6.45) is 4.13. The van der Waals surface area contributed by atoms with Crippen molar-refractivity contribution < 1.29 is 23.9 Å². The number of rotatable bonds is 11. The Morgan fingerprint density at radius 2 is 1.56 bits per heavy atom. The molecule has 54 heavy (non-hydrogen) atoms. The van der Waals surface area contributed by atoms with E-state index in [2.05, 4.69) is 86.0 Å². The highest BCUT2D eigenvalue weighted by Crippen LogP contribution is 2.59. The summed E-state index contributed by atoms with van der Waals surface area (Å²) in [6, 6.07) is 9.77. The third kappa shape index (κ3) is 9.13. The van der Waals surface area contributed by atoms with Crippen molar-refractivity contribution in [2.75, 3.05) is 39.4 Å². The van der Waals surface area contributed by atoms with Crippen molar-refractivity contribution in [3.63, 3.8) is 0 Å². The van der Waals surface area contributed by atoms with Gasteiger partial charge in [0.05, 0.1) is 22.9 Å². The first-order valence-electron chi connectivity index (χ1n) is 19.9. The zero-order chi connectivity index (χ0) is 40.7. The smallest absolute Gasteiger partial charge is 0.410 e. The number of carbonyl (C=O) groups excluding carboxylic acids is 3. The predicted molar refractivity (Wildman–Crippen MR) is 226 cm³/mol. The number of ether oxygens (including phenoxy) is 2. The molecule has 2 heterocycles. The van der Waals surface area contributed by atoms with Gasteiger partial charge < -0.3 is 24.1 Å². The lowest BCUT2D eigenvalue weighted by molar-refractivity contribution is -0.156. The maximum atomic E-state index is 14.5. The lowest BCUT2D eigenvalue weighted by Crippen LogP contribution is -2.72. The minimum atomic E-state index is -0.962. The summed E-state index contributed by atoms with van der Waals surface area (Å²) in [4.78, 5) is 48.1. The van der Waals surface area contributed by atoms with Crippen molar-refractivity contribution in [1.29, 1.82) is 0 Å². The number of carbonyl (C=O) groups is 3. The molecule has 4 rings (SSSR count). The number of piperazine rings is 1. The predicted octanol–water partition coefficient (Wildman–Crippen LogP) is 9.05. The summed E-state index contributed by atoms with van der Waals surface area (Å²) in [7, 11) is 0. The zero-order valence-electron chi connectivity index (χ0n) is 35.7. The van der Waals surface area contributed by atoms with Crippen molar-refractivity contribution in [3.05, 3.63) is 47.7 Å². The van der Waals surface area contributed by atoms with Crippen LogP contribution in [-0.2, 0) is 19.1 Å². The molecular weight excluding hydrogens is 715 g/mol. The van der Waals surface area contributed by atoms with E-state index in [1.807, 2.05) is 62.1 Å². The molecule has 0 radical (unpaired) electrons. The topological polar surface area (TPSA) is 79.4 Å². The number of aldehydes is 1. The average Bonchev–Trinajstić information content (AvgIpc) is 3.08. The van der Waals surface area contributed by atoms with E-state index >= 15 is 0 Å². The summed E-state index contributed by atoms with van der Waals surface area (Å²) in [5.74, 6) is 0.115. The Morgan fingerprint density at radius 1 is 0.963 bits per heavy atom. The number of morpholine rings is 1. The highest BCUT2D eigenvalue weighted by Gasteiger charge is 2.61. The normalized spacial score (nSPS) is 25.8. The fourth-order valence-corrected chi connectivity index (χ4v) is 10.9. The Balaban J connectivity index is 1.81. The molecule has 0 spiro atoms. The van der Waals surface area contributed by atoms with Gasteiger partial charge in [-0.05, 0) is 69.3 Å². The van der Waals surface area contributed by atoms with E-state index in [-0.39, 0.29) is 41.2 Å². The number of allylic oxidation sites excluding steroid dienone is 2. The number of hydrogen-bond acceptors (Lipinski definition) is 9. The van der Waals surface area contributed by atoms with E-state index in [1.165, 1.54) is 6.29 Å². The van der Waals surface area contributed by atoms with Crippen LogP contribution in [0.1, 0.15) is 115 Å². The average molecular weight is 784 g/mol. The van der Waals surface area contributed by atoms with Gasteiger partial charge in [0, 0.05) is 66.6 Å². The largest absolute Gasteiger partial charge is 0.444 e. The van der Waals surface area contributed by atoms with Crippen LogP contribution < -0.4 is 0 Å². The molecule has 0 bridgehead atoms. The van der Waals surface area contributed by atoms with Crippen molar-refractivity contribution >= 4 is 46.3 Å². The van der Waals surface area contributed by atoms with Gasteiger partial charge in [-0.3, -0.25) is 9.69 Å². The van der Waals surface area contributed by atoms with Gasteiger partial charge in [-0.15, -0.1) is 11.8 Å².